The molecule has 43 heavy (non-hydrogen) atoms. The van der Waals surface area contributed by atoms with E-state index < -0.39 is 17.1 Å². The molecule has 12 nitrogen and oxygen atoms in total. The summed E-state index contributed by atoms with van der Waals surface area (Å²) in [5.41, 5.74) is 11.9. The van der Waals surface area contributed by atoms with E-state index in [2.05, 4.69) is 21.2 Å². The number of ether oxygens (including phenoxy) is 2. The molecule has 1 radical (unpaired) electrons. The second-order valence-electron chi connectivity index (χ2n) is 12.6. The highest BCUT2D eigenvalue weighted by molar-refractivity contribution is 5.93. The van der Waals surface area contributed by atoms with Gasteiger partial charge in [-0.05, 0) is 98.4 Å². The number of carbonyl (C=O) groups is 2. The van der Waals surface area contributed by atoms with Gasteiger partial charge in [0.25, 0.3) is 5.91 Å². The van der Waals surface area contributed by atoms with Crippen LogP contribution in [-0.2, 0) is 16.0 Å². The van der Waals surface area contributed by atoms with Gasteiger partial charge in [-0.1, -0.05) is 5.48 Å². The number of hydrogen-bond acceptors (Lipinski definition) is 9. The fourth-order valence-electron chi connectivity index (χ4n) is 5.06. The van der Waals surface area contributed by atoms with E-state index in [-0.39, 0.29) is 18.2 Å². The Labute approximate surface area is 253 Å². The molecular formula is C31H44N7O5. The number of alkyl carbamates (subject to hydrolysis) is 1. The Morgan fingerprint density at radius 2 is 1.72 bits per heavy atom. The van der Waals surface area contributed by atoms with E-state index in [9.17, 15) is 9.59 Å². The van der Waals surface area contributed by atoms with E-state index in [0.29, 0.717) is 35.7 Å². The lowest BCUT2D eigenvalue weighted by Crippen LogP contribution is -2.42. The van der Waals surface area contributed by atoms with Gasteiger partial charge >= 0.3 is 6.09 Å². The minimum atomic E-state index is -0.844. The number of aromatic nitrogens is 3. The first-order valence-corrected chi connectivity index (χ1v) is 14.8. The number of nitrogens with zero attached hydrogens (tertiary/aromatic N) is 4. The van der Waals surface area contributed by atoms with Crippen LogP contribution in [0.5, 0.6) is 5.75 Å². The Bertz CT molecular complexity index is 1420. The summed E-state index contributed by atoms with van der Waals surface area (Å²) in [6.07, 6.45) is 4.95. The van der Waals surface area contributed by atoms with E-state index in [0.717, 1.165) is 42.8 Å². The van der Waals surface area contributed by atoms with Crippen LogP contribution in [0.3, 0.4) is 0 Å². The lowest BCUT2D eigenvalue weighted by atomic mass is 9.91. The predicted molar refractivity (Wildman–Crippen MR) is 164 cm³/mol. The number of carbonyl (C=O) groups excluding carboxylic acids is 2. The molecular weight excluding hydrogens is 550 g/mol. The number of nitrogens with two attached hydrogens (primary N) is 1. The van der Waals surface area contributed by atoms with Crippen LogP contribution >= 0.6 is 0 Å². The fraction of sp³-hybridized carbons (Fsp3) is 0.548. The normalized spacial score (nSPS) is 17.4. The van der Waals surface area contributed by atoms with Crippen molar-refractivity contribution in [1.29, 1.82) is 0 Å². The summed E-state index contributed by atoms with van der Waals surface area (Å²) in [7, 11) is 0. The highest BCUT2D eigenvalue weighted by atomic mass is 16.7. The van der Waals surface area contributed by atoms with Crippen LogP contribution in [0.2, 0.25) is 0 Å². The van der Waals surface area contributed by atoms with Gasteiger partial charge in [-0.15, -0.1) is 0 Å². The van der Waals surface area contributed by atoms with E-state index >= 15 is 0 Å². The smallest absolute Gasteiger partial charge is 0.407 e. The van der Waals surface area contributed by atoms with Crippen LogP contribution in [-0.4, -0.2) is 56.5 Å². The predicted octanol–water partition coefficient (Wildman–Crippen LogP) is 4.96. The minimum absolute atomic E-state index is 0.0671. The van der Waals surface area contributed by atoms with Crippen molar-refractivity contribution >= 4 is 29.2 Å². The Morgan fingerprint density at radius 3 is 2.35 bits per heavy atom. The lowest BCUT2D eigenvalue weighted by Gasteiger charge is -2.31. The summed E-state index contributed by atoms with van der Waals surface area (Å²) in [5, 5.41) is 11.1. The van der Waals surface area contributed by atoms with Crippen LogP contribution in [0, 0.1) is 6.92 Å². The molecule has 0 saturated heterocycles. The average molecular weight is 595 g/mol. The van der Waals surface area contributed by atoms with Crippen molar-refractivity contribution in [1.82, 2.24) is 25.4 Å². The number of rotatable bonds is 10. The maximum Gasteiger partial charge on any atom is 0.407 e. The molecule has 4 N–H and O–H groups in total. The zero-order chi connectivity index (χ0) is 31.4. The molecule has 4 rings (SSSR count). The Balaban J connectivity index is 1.42. The van der Waals surface area contributed by atoms with Crippen molar-refractivity contribution in [2.24, 2.45) is 0 Å². The van der Waals surface area contributed by atoms with Gasteiger partial charge in [-0.25, -0.2) is 19.1 Å². The second kappa shape index (κ2) is 13.1. The highest BCUT2D eigenvalue weighted by Crippen LogP contribution is 2.29. The van der Waals surface area contributed by atoms with Gasteiger partial charge in [0.2, 0.25) is 0 Å². The number of anilines is 2. The molecule has 3 aromatic rings. The zero-order valence-electron chi connectivity index (χ0n) is 26.2. The molecule has 0 unspecified atom stereocenters. The maximum absolute atomic E-state index is 12.7. The molecule has 2 heterocycles. The molecule has 1 saturated carbocycles. The molecule has 0 bridgehead atoms. The van der Waals surface area contributed by atoms with Crippen molar-refractivity contribution < 1.29 is 23.9 Å². The van der Waals surface area contributed by atoms with Gasteiger partial charge in [0.1, 0.15) is 17.2 Å². The standard InChI is InChI=1S/C31H44N7O5/c1-8-41-23-15-9-20(10-16-23)28(39)37-43-31(6,7)17-25-19(2)26(36-27-24(32)18-33-38(25)27)34-21-11-13-22(14-12-21)35-29(40)42-30(3,4)5/h9-10,15-16,18,21-22H,8,11-14,17,32H2,1-7H3,(H,34,36)(H,35,40). The summed E-state index contributed by atoms with van der Waals surface area (Å²) in [4.78, 5) is 35.5. The van der Waals surface area contributed by atoms with Gasteiger partial charge < -0.3 is 25.8 Å². The van der Waals surface area contributed by atoms with E-state index in [1.54, 1.807) is 35.0 Å². The minimum Gasteiger partial charge on any atom is -0.494 e. The van der Waals surface area contributed by atoms with Crippen LogP contribution in [0.4, 0.5) is 16.3 Å². The van der Waals surface area contributed by atoms with Gasteiger partial charge in [-0.2, -0.15) is 5.10 Å². The van der Waals surface area contributed by atoms with Gasteiger partial charge in [0.15, 0.2) is 5.65 Å². The van der Waals surface area contributed by atoms with E-state index in [4.69, 9.17) is 25.0 Å². The lowest BCUT2D eigenvalue weighted by molar-refractivity contribution is -0.0756. The molecule has 2 amide bonds. The van der Waals surface area contributed by atoms with Crippen molar-refractivity contribution in [2.75, 3.05) is 17.7 Å². The largest absolute Gasteiger partial charge is 0.494 e. The number of benzene rings is 1. The summed E-state index contributed by atoms with van der Waals surface area (Å²) in [5.74, 6) is 0.928. The zero-order valence-corrected chi connectivity index (χ0v) is 26.2. The molecule has 0 spiro atoms. The number of hydrogen-bond donors (Lipinski definition) is 3. The first-order chi connectivity index (χ1) is 20.2. The van der Waals surface area contributed by atoms with E-state index in [1.807, 2.05) is 48.5 Å². The fourth-order valence-corrected chi connectivity index (χ4v) is 5.06. The number of nitrogens with one attached hydrogen (secondary N) is 2. The van der Waals surface area contributed by atoms with E-state index in [1.165, 1.54) is 0 Å². The molecule has 2 aromatic heterocycles. The third kappa shape index (κ3) is 8.50. The summed E-state index contributed by atoms with van der Waals surface area (Å²) >= 11 is 0. The van der Waals surface area contributed by atoms with Crippen LogP contribution in [0.15, 0.2) is 30.5 Å². The van der Waals surface area contributed by atoms with Gasteiger partial charge in [0.05, 0.1) is 29.8 Å². The third-order valence-electron chi connectivity index (χ3n) is 7.20. The SMILES string of the molecule is CCOc1ccc(C(=O)[N]OC(C)(C)Cc2c(C)c(NC3CCC(NC(=O)OC(C)(C)C)CC3)nc3c(N)cnn23)cc1. The van der Waals surface area contributed by atoms with Crippen molar-refractivity contribution in [3.63, 3.8) is 0 Å². The van der Waals surface area contributed by atoms with Crippen molar-refractivity contribution in [3.05, 3.63) is 47.3 Å². The van der Waals surface area contributed by atoms with Crippen molar-refractivity contribution in [2.45, 2.75) is 104 Å². The quantitative estimate of drug-likeness (QED) is 0.276. The first kappa shape index (κ1) is 31.9. The average Bonchev–Trinajstić information content (AvgIpc) is 3.30. The Morgan fingerprint density at radius 1 is 1.07 bits per heavy atom. The molecule has 1 aliphatic rings. The monoisotopic (exact) mass is 594 g/mol. The van der Waals surface area contributed by atoms with Crippen LogP contribution in [0.1, 0.15) is 88.8 Å². The molecule has 1 aromatic carbocycles. The first-order valence-electron chi connectivity index (χ1n) is 14.8. The topological polar surface area (TPSA) is 156 Å². The Kier molecular flexibility index (Phi) is 9.69. The summed E-state index contributed by atoms with van der Waals surface area (Å²) in [6.45, 7) is 13.7. The van der Waals surface area contributed by atoms with Gasteiger partial charge in [0, 0.05) is 29.6 Å². The second-order valence-corrected chi connectivity index (χ2v) is 12.6. The molecule has 0 atom stereocenters. The summed E-state index contributed by atoms with van der Waals surface area (Å²) in [6, 6.07) is 7.03. The number of fused-ring (bicyclic) bond motifs is 1. The number of nitrogen functional groups attached to an aromatic ring is 1. The highest BCUT2D eigenvalue weighted by Gasteiger charge is 2.29. The number of hydroxylamine groups is 1. The summed E-state index contributed by atoms with van der Waals surface area (Å²) < 4.78 is 12.6. The van der Waals surface area contributed by atoms with Crippen LogP contribution in [0.25, 0.3) is 5.65 Å². The molecule has 12 heteroatoms. The maximum atomic E-state index is 12.7. The molecule has 1 aliphatic carbocycles. The molecule has 233 valence electrons. The number of amides is 2. The van der Waals surface area contributed by atoms with Gasteiger partial charge in [-0.3, -0.25) is 4.79 Å². The Hall–Kier alpha value is -4.06. The third-order valence-corrected chi connectivity index (χ3v) is 7.20. The van der Waals surface area contributed by atoms with Crippen molar-refractivity contribution in [3.8, 4) is 5.75 Å². The molecule has 1 fully saturated rings. The van der Waals surface area contributed by atoms with Crippen LogP contribution < -0.4 is 26.6 Å². The molecule has 0 aliphatic heterocycles.